The highest BCUT2D eigenvalue weighted by Crippen LogP contribution is 2.30. The van der Waals surface area contributed by atoms with Crippen molar-refractivity contribution in [1.29, 1.82) is 0 Å². The van der Waals surface area contributed by atoms with E-state index < -0.39 is 0 Å². The highest BCUT2D eigenvalue weighted by molar-refractivity contribution is 6.01. The van der Waals surface area contributed by atoms with Crippen molar-refractivity contribution in [2.45, 2.75) is 51.7 Å². The quantitative estimate of drug-likeness (QED) is 0.574. The second-order valence-electron chi connectivity index (χ2n) is 8.40. The third-order valence-corrected chi connectivity index (χ3v) is 5.94. The minimum Gasteiger partial charge on any atom is -0.334 e. The Morgan fingerprint density at radius 1 is 1.16 bits per heavy atom. The lowest BCUT2D eigenvalue weighted by Gasteiger charge is -2.25. The monoisotopic (exact) mass is 417 g/mol. The number of anilines is 1. The van der Waals surface area contributed by atoms with Crippen molar-refractivity contribution in [3.8, 4) is 0 Å². The first-order valence-electron chi connectivity index (χ1n) is 10.6. The molecule has 1 heterocycles. The Kier molecular flexibility index (Phi) is 5.89. The summed E-state index contributed by atoms with van der Waals surface area (Å²) in [5.74, 6) is -0.00388. The number of hydrogen-bond acceptors (Lipinski definition) is 3. The average molecular weight is 418 g/mol. The van der Waals surface area contributed by atoms with Crippen molar-refractivity contribution in [3.63, 3.8) is 0 Å². The molecule has 1 aliphatic heterocycles. The highest BCUT2D eigenvalue weighted by atomic mass is 16.2. The van der Waals surface area contributed by atoms with Gasteiger partial charge in [-0.05, 0) is 55.5 Å². The number of benzene rings is 2. The number of nitrogens with one attached hydrogen (secondary N) is 2. The van der Waals surface area contributed by atoms with Crippen molar-refractivity contribution in [2.24, 2.45) is 0 Å². The largest absolute Gasteiger partial charge is 0.334 e. The molecule has 31 heavy (non-hydrogen) atoms. The van der Waals surface area contributed by atoms with E-state index in [2.05, 4.69) is 17.2 Å². The summed E-state index contributed by atoms with van der Waals surface area (Å²) in [6, 6.07) is 12.5. The lowest BCUT2D eigenvalue weighted by Crippen LogP contribution is -2.40. The van der Waals surface area contributed by atoms with Crippen LogP contribution in [0, 0.1) is 6.92 Å². The van der Waals surface area contributed by atoms with E-state index in [1.807, 2.05) is 43.3 Å². The maximum absolute atomic E-state index is 12.9. The van der Waals surface area contributed by atoms with Crippen LogP contribution in [0.4, 0.5) is 10.5 Å². The van der Waals surface area contributed by atoms with Crippen LogP contribution >= 0.6 is 0 Å². The van der Waals surface area contributed by atoms with E-state index in [0.29, 0.717) is 31.5 Å². The van der Waals surface area contributed by atoms with Crippen LogP contribution < -0.4 is 10.6 Å². The van der Waals surface area contributed by atoms with E-state index in [4.69, 9.17) is 0 Å². The lowest BCUT2D eigenvalue weighted by atomic mass is 10.1. The number of hydrogen-bond donors (Lipinski definition) is 2. The number of aryl methyl sites for hydroxylation is 1. The van der Waals surface area contributed by atoms with Crippen LogP contribution in [0.25, 0.3) is 0 Å². The van der Waals surface area contributed by atoms with Crippen LogP contribution in [0.1, 0.15) is 52.7 Å². The van der Waals surface area contributed by atoms with Gasteiger partial charge in [-0.3, -0.25) is 9.59 Å². The van der Waals surface area contributed by atoms with Gasteiger partial charge in [0.25, 0.3) is 5.91 Å². The Morgan fingerprint density at radius 3 is 2.71 bits per heavy atom. The van der Waals surface area contributed by atoms with Gasteiger partial charge in [0.1, 0.15) is 0 Å². The molecule has 2 aromatic rings. The van der Waals surface area contributed by atoms with Crippen LogP contribution in [0.3, 0.4) is 0 Å². The zero-order valence-electron chi connectivity index (χ0n) is 17.7. The van der Waals surface area contributed by atoms with Gasteiger partial charge in [0.15, 0.2) is 5.78 Å². The summed E-state index contributed by atoms with van der Waals surface area (Å²) in [4.78, 5) is 39.4. The summed E-state index contributed by atoms with van der Waals surface area (Å²) >= 11 is 0. The van der Waals surface area contributed by atoms with E-state index in [1.165, 1.54) is 0 Å². The van der Waals surface area contributed by atoms with E-state index in [9.17, 15) is 14.4 Å². The summed E-state index contributed by atoms with van der Waals surface area (Å²) < 4.78 is 0. The van der Waals surface area contributed by atoms with Gasteiger partial charge in [0.2, 0.25) is 0 Å². The minimum absolute atomic E-state index is 0.0818. The van der Waals surface area contributed by atoms with Gasteiger partial charge in [-0.1, -0.05) is 42.0 Å². The van der Waals surface area contributed by atoms with Gasteiger partial charge in [0, 0.05) is 30.8 Å². The number of carbonyl (C=O) groups excluding carboxylic acids is 3. The predicted molar refractivity (Wildman–Crippen MR) is 120 cm³/mol. The second-order valence-corrected chi connectivity index (χ2v) is 8.40. The summed E-state index contributed by atoms with van der Waals surface area (Å²) in [7, 11) is 0. The number of nitrogens with zero attached hydrogens (tertiary/aromatic N) is 1. The molecule has 0 unspecified atom stereocenters. The molecule has 1 atom stereocenters. The van der Waals surface area contributed by atoms with Crippen molar-refractivity contribution in [1.82, 2.24) is 10.2 Å². The van der Waals surface area contributed by atoms with Gasteiger partial charge < -0.3 is 15.5 Å². The number of rotatable bonds is 4. The summed E-state index contributed by atoms with van der Waals surface area (Å²) in [5.41, 5.74) is 5.27. The topological polar surface area (TPSA) is 78.5 Å². The standard InChI is InChI=1S/C25H27N3O3/c1-16-6-9-20(10-7-16)27-25(31)26-14-18-8-11-21-19(13-18)15-28(24(21)30)22-5-3-4-17(2)12-23(22)29/h6-11,13,22H,2-5,12,14-15H2,1H3,(H2,26,27,31)/t22-/m0/s1. The van der Waals surface area contributed by atoms with Crippen molar-refractivity contribution < 1.29 is 14.4 Å². The van der Waals surface area contributed by atoms with Crippen molar-refractivity contribution in [3.05, 3.63) is 76.9 Å². The Morgan fingerprint density at radius 2 is 1.94 bits per heavy atom. The number of ketones is 1. The second kappa shape index (κ2) is 8.76. The van der Waals surface area contributed by atoms with Crippen molar-refractivity contribution in [2.75, 3.05) is 5.32 Å². The number of Topliss-reactive ketones (excluding diaryl/α,β-unsaturated/α-hetero) is 1. The Bertz CT molecular complexity index is 1040. The molecule has 3 amide bonds. The Balaban J connectivity index is 1.39. The summed E-state index contributed by atoms with van der Waals surface area (Å²) in [6.45, 7) is 6.73. The number of urea groups is 1. The molecule has 0 saturated heterocycles. The molecule has 1 aliphatic carbocycles. The molecule has 0 aromatic heterocycles. The maximum Gasteiger partial charge on any atom is 0.319 e. The summed E-state index contributed by atoms with van der Waals surface area (Å²) in [6.07, 6.45) is 2.76. The van der Waals surface area contributed by atoms with Crippen LogP contribution in [0.15, 0.2) is 54.6 Å². The first-order valence-corrected chi connectivity index (χ1v) is 10.6. The van der Waals surface area contributed by atoms with E-state index in [-0.39, 0.29) is 23.8 Å². The molecule has 0 bridgehead atoms. The van der Waals surface area contributed by atoms with E-state index in [0.717, 1.165) is 40.8 Å². The fourth-order valence-electron chi connectivity index (χ4n) is 4.24. The fourth-order valence-corrected chi connectivity index (χ4v) is 4.24. The maximum atomic E-state index is 12.9. The third-order valence-electron chi connectivity index (χ3n) is 5.94. The van der Waals surface area contributed by atoms with Crippen LogP contribution in [0.5, 0.6) is 0 Å². The van der Waals surface area contributed by atoms with Gasteiger partial charge in [-0.2, -0.15) is 0 Å². The molecular weight excluding hydrogens is 390 g/mol. The zero-order chi connectivity index (χ0) is 22.0. The molecule has 2 N–H and O–H groups in total. The molecule has 160 valence electrons. The van der Waals surface area contributed by atoms with Gasteiger partial charge in [-0.15, -0.1) is 0 Å². The molecule has 4 rings (SSSR count). The van der Waals surface area contributed by atoms with Gasteiger partial charge >= 0.3 is 6.03 Å². The van der Waals surface area contributed by atoms with Gasteiger partial charge in [0.05, 0.1) is 6.04 Å². The van der Waals surface area contributed by atoms with Gasteiger partial charge in [-0.25, -0.2) is 4.79 Å². The average Bonchev–Trinajstić information content (AvgIpc) is 2.96. The summed E-state index contributed by atoms with van der Waals surface area (Å²) in [5, 5.41) is 5.65. The van der Waals surface area contributed by atoms with Crippen LogP contribution in [-0.4, -0.2) is 28.7 Å². The zero-order valence-corrected chi connectivity index (χ0v) is 17.7. The minimum atomic E-state index is -0.374. The lowest BCUT2D eigenvalue weighted by molar-refractivity contribution is -0.122. The molecule has 2 aromatic carbocycles. The number of amides is 3. The fraction of sp³-hybridized carbons (Fsp3) is 0.320. The molecule has 1 saturated carbocycles. The molecule has 0 spiro atoms. The predicted octanol–water partition coefficient (Wildman–Crippen LogP) is 4.34. The molecule has 6 heteroatoms. The van der Waals surface area contributed by atoms with Crippen molar-refractivity contribution >= 4 is 23.4 Å². The Labute approximate surface area is 182 Å². The third kappa shape index (κ3) is 4.68. The molecule has 2 aliphatic rings. The van der Waals surface area contributed by atoms with Crippen LogP contribution in [-0.2, 0) is 17.9 Å². The first kappa shape index (κ1) is 20.8. The highest BCUT2D eigenvalue weighted by Gasteiger charge is 2.36. The normalized spacial score (nSPS) is 18.5. The molecule has 0 radical (unpaired) electrons. The number of fused-ring (bicyclic) bond motifs is 1. The van der Waals surface area contributed by atoms with E-state index >= 15 is 0 Å². The number of allylic oxidation sites excluding steroid dienone is 1. The molecule has 1 fully saturated rings. The van der Waals surface area contributed by atoms with E-state index in [1.54, 1.807) is 11.0 Å². The first-order chi connectivity index (χ1) is 14.9. The number of carbonyl (C=O) groups is 3. The Hall–Kier alpha value is -3.41. The smallest absolute Gasteiger partial charge is 0.319 e. The molecular formula is C25H27N3O3. The van der Waals surface area contributed by atoms with Crippen LogP contribution in [0.2, 0.25) is 0 Å². The SMILES string of the molecule is C=C1CCC[C@H](N2Cc3cc(CNC(=O)Nc4ccc(C)cc4)ccc3C2=O)C(=O)C1. The molecule has 6 nitrogen and oxygen atoms in total.